The van der Waals surface area contributed by atoms with Crippen LogP contribution in [0.2, 0.25) is 0 Å². The van der Waals surface area contributed by atoms with Crippen molar-refractivity contribution in [3.63, 3.8) is 0 Å². The Labute approximate surface area is 90.1 Å². The lowest BCUT2D eigenvalue weighted by Gasteiger charge is -2.12. The smallest absolute Gasteiger partial charge is 0.312 e. The molecule has 0 aromatic rings. The quantitative estimate of drug-likeness (QED) is 0.423. The molecular formula is C10H14ClNO2. The van der Waals surface area contributed by atoms with Gasteiger partial charge in [0.05, 0.1) is 5.92 Å². The van der Waals surface area contributed by atoms with E-state index in [1.54, 1.807) is 6.92 Å². The first-order valence-electron chi connectivity index (χ1n) is 4.24. The summed E-state index contributed by atoms with van der Waals surface area (Å²) >= 11 is 0. The van der Waals surface area contributed by atoms with Crippen molar-refractivity contribution in [2.45, 2.75) is 19.4 Å². The summed E-state index contributed by atoms with van der Waals surface area (Å²) in [6, 6.07) is -0.193. The van der Waals surface area contributed by atoms with Crippen LogP contribution in [-0.2, 0) is 9.53 Å². The van der Waals surface area contributed by atoms with Crippen molar-refractivity contribution in [1.82, 2.24) is 0 Å². The summed E-state index contributed by atoms with van der Waals surface area (Å²) in [5.74, 6) is 4.85. The lowest BCUT2D eigenvalue weighted by Crippen LogP contribution is -2.32. The summed E-state index contributed by atoms with van der Waals surface area (Å²) in [7, 11) is 0. The molecule has 2 N–H and O–H groups in total. The number of rotatable bonds is 2. The molecule has 0 spiro atoms. The number of hydrogen-bond acceptors (Lipinski definition) is 3. The Morgan fingerprint density at radius 3 is 2.93 bits per heavy atom. The molecule has 0 saturated heterocycles. The topological polar surface area (TPSA) is 52.3 Å². The largest absolute Gasteiger partial charge is 0.452 e. The highest BCUT2D eigenvalue weighted by Crippen LogP contribution is 2.18. The number of ether oxygens (including phenoxy) is 1. The van der Waals surface area contributed by atoms with Gasteiger partial charge in [-0.15, -0.1) is 18.3 Å². The van der Waals surface area contributed by atoms with Crippen molar-refractivity contribution in [3.8, 4) is 11.8 Å². The van der Waals surface area contributed by atoms with E-state index >= 15 is 0 Å². The van der Waals surface area contributed by atoms with Crippen LogP contribution in [0.5, 0.6) is 0 Å². The Balaban J connectivity index is 0.00000169. The van der Waals surface area contributed by atoms with Gasteiger partial charge in [-0.3, -0.25) is 4.79 Å². The number of esters is 1. The molecular weight excluding hydrogens is 202 g/mol. The average Bonchev–Trinajstić information content (AvgIpc) is 2.52. The number of halogens is 1. The standard InChI is InChI=1S/C10H13NO2.ClH/c1-2-3-7-13-10(12)8-5-4-6-9(8)11;/h4,6,8-9H,5,7,11H2,1H3;1H. The van der Waals surface area contributed by atoms with Gasteiger partial charge in [0, 0.05) is 6.04 Å². The SMILES string of the molecule is CC#CCOC(=O)C1CC=CC1N.Cl. The predicted molar refractivity (Wildman–Crippen MR) is 56.9 cm³/mol. The zero-order valence-electron chi connectivity index (χ0n) is 8.03. The molecule has 14 heavy (non-hydrogen) atoms. The van der Waals surface area contributed by atoms with Crippen molar-refractivity contribution in [1.29, 1.82) is 0 Å². The van der Waals surface area contributed by atoms with E-state index in [-0.39, 0.29) is 36.9 Å². The average molecular weight is 216 g/mol. The van der Waals surface area contributed by atoms with Crippen molar-refractivity contribution in [2.24, 2.45) is 11.7 Å². The molecule has 3 nitrogen and oxygen atoms in total. The highest BCUT2D eigenvalue weighted by Gasteiger charge is 2.27. The van der Waals surface area contributed by atoms with E-state index in [0.29, 0.717) is 6.42 Å². The number of carbonyl (C=O) groups is 1. The molecule has 0 saturated carbocycles. The molecule has 0 aliphatic heterocycles. The molecule has 0 radical (unpaired) electrons. The maximum Gasteiger partial charge on any atom is 0.312 e. The lowest BCUT2D eigenvalue weighted by atomic mass is 10.0. The fourth-order valence-electron chi connectivity index (χ4n) is 1.21. The van der Waals surface area contributed by atoms with Gasteiger partial charge < -0.3 is 10.5 Å². The summed E-state index contributed by atoms with van der Waals surface area (Å²) in [6.07, 6.45) is 4.42. The zero-order chi connectivity index (χ0) is 9.68. The van der Waals surface area contributed by atoms with Crippen LogP contribution >= 0.6 is 12.4 Å². The lowest BCUT2D eigenvalue weighted by molar-refractivity contribution is -0.146. The van der Waals surface area contributed by atoms with Crippen LogP contribution in [0.15, 0.2) is 12.2 Å². The third-order valence-electron chi connectivity index (χ3n) is 1.98. The molecule has 0 amide bonds. The van der Waals surface area contributed by atoms with Crippen molar-refractivity contribution < 1.29 is 9.53 Å². The molecule has 2 atom stereocenters. The van der Waals surface area contributed by atoms with E-state index in [9.17, 15) is 4.79 Å². The fourth-order valence-corrected chi connectivity index (χ4v) is 1.21. The van der Waals surface area contributed by atoms with Crippen LogP contribution < -0.4 is 5.73 Å². The predicted octanol–water partition coefficient (Wildman–Crippen LogP) is 0.878. The molecule has 0 heterocycles. The molecule has 1 aliphatic rings. The second-order valence-electron chi connectivity index (χ2n) is 2.88. The first kappa shape index (κ1) is 13.0. The minimum Gasteiger partial charge on any atom is -0.452 e. The molecule has 1 aliphatic carbocycles. The van der Waals surface area contributed by atoms with Gasteiger partial charge in [0.2, 0.25) is 0 Å². The summed E-state index contributed by atoms with van der Waals surface area (Å²) in [5, 5.41) is 0. The van der Waals surface area contributed by atoms with Crippen molar-refractivity contribution in [3.05, 3.63) is 12.2 Å². The molecule has 0 bridgehead atoms. The molecule has 0 aromatic carbocycles. The number of carbonyl (C=O) groups excluding carboxylic acids is 1. The van der Waals surface area contributed by atoms with E-state index in [1.807, 2.05) is 12.2 Å². The van der Waals surface area contributed by atoms with Crippen LogP contribution in [0.4, 0.5) is 0 Å². The number of allylic oxidation sites excluding steroid dienone is 1. The van der Waals surface area contributed by atoms with Crippen LogP contribution in [0.3, 0.4) is 0 Å². The Hall–Kier alpha value is -0.980. The summed E-state index contributed by atoms with van der Waals surface area (Å²) in [4.78, 5) is 11.3. The second kappa shape index (κ2) is 6.47. The molecule has 4 heteroatoms. The minimum atomic E-state index is -0.250. The van der Waals surface area contributed by atoms with Crippen LogP contribution in [0.1, 0.15) is 13.3 Å². The van der Waals surface area contributed by atoms with Crippen LogP contribution in [0.25, 0.3) is 0 Å². The first-order chi connectivity index (χ1) is 6.25. The van der Waals surface area contributed by atoms with Gasteiger partial charge in [0.1, 0.15) is 0 Å². The Morgan fingerprint density at radius 1 is 1.71 bits per heavy atom. The molecule has 0 fully saturated rings. The second-order valence-corrected chi connectivity index (χ2v) is 2.88. The normalized spacial score (nSPS) is 23.3. The Kier molecular flexibility index (Phi) is 6.02. The van der Waals surface area contributed by atoms with E-state index in [0.717, 1.165) is 0 Å². The number of nitrogens with two attached hydrogens (primary N) is 1. The maximum absolute atomic E-state index is 11.3. The Bertz CT molecular complexity index is 278. The number of hydrogen-bond donors (Lipinski definition) is 1. The molecule has 1 rings (SSSR count). The van der Waals surface area contributed by atoms with Crippen molar-refractivity contribution in [2.75, 3.05) is 6.61 Å². The summed E-state index contributed by atoms with van der Waals surface area (Å²) in [6.45, 7) is 1.87. The van der Waals surface area contributed by atoms with E-state index < -0.39 is 0 Å². The van der Waals surface area contributed by atoms with Gasteiger partial charge in [-0.05, 0) is 13.3 Å². The van der Waals surface area contributed by atoms with Gasteiger partial charge in [0.25, 0.3) is 0 Å². The highest BCUT2D eigenvalue weighted by molar-refractivity contribution is 5.85. The monoisotopic (exact) mass is 215 g/mol. The summed E-state index contributed by atoms with van der Waals surface area (Å²) in [5.41, 5.74) is 5.66. The third kappa shape index (κ3) is 3.41. The van der Waals surface area contributed by atoms with Crippen molar-refractivity contribution >= 4 is 18.4 Å². The van der Waals surface area contributed by atoms with E-state index in [1.165, 1.54) is 0 Å². The van der Waals surface area contributed by atoms with Gasteiger partial charge in [-0.25, -0.2) is 0 Å². The van der Waals surface area contributed by atoms with Gasteiger partial charge in [0.15, 0.2) is 6.61 Å². The zero-order valence-corrected chi connectivity index (χ0v) is 8.84. The molecule has 0 aromatic heterocycles. The van der Waals surface area contributed by atoms with Crippen LogP contribution in [0, 0.1) is 17.8 Å². The van der Waals surface area contributed by atoms with Gasteiger partial charge in [-0.1, -0.05) is 18.1 Å². The van der Waals surface area contributed by atoms with E-state index in [2.05, 4.69) is 11.8 Å². The maximum atomic E-state index is 11.3. The van der Waals surface area contributed by atoms with Crippen LogP contribution in [-0.4, -0.2) is 18.6 Å². The minimum absolute atomic E-state index is 0. The van der Waals surface area contributed by atoms with Gasteiger partial charge in [-0.2, -0.15) is 0 Å². The highest BCUT2D eigenvalue weighted by atomic mass is 35.5. The third-order valence-corrected chi connectivity index (χ3v) is 1.98. The Morgan fingerprint density at radius 2 is 2.43 bits per heavy atom. The molecule has 2 unspecified atom stereocenters. The van der Waals surface area contributed by atoms with E-state index in [4.69, 9.17) is 10.5 Å². The molecule has 78 valence electrons. The first-order valence-corrected chi connectivity index (χ1v) is 4.24. The van der Waals surface area contributed by atoms with Gasteiger partial charge >= 0.3 is 5.97 Å². The summed E-state index contributed by atoms with van der Waals surface area (Å²) < 4.78 is 4.90. The fraction of sp³-hybridized carbons (Fsp3) is 0.500.